The SMILES string of the molecule is c1ccc(-n2cc(CNC3CC4(CCCC4)C3)nn2)cc1. The van der Waals surface area contributed by atoms with Gasteiger partial charge in [-0.3, -0.25) is 0 Å². The molecule has 1 N–H and O–H groups in total. The molecule has 2 aromatic rings. The molecule has 4 rings (SSSR count). The molecule has 0 amide bonds. The number of hydrogen-bond acceptors (Lipinski definition) is 3. The maximum Gasteiger partial charge on any atom is 0.0969 e. The van der Waals surface area contributed by atoms with Crippen LogP contribution in [0.15, 0.2) is 36.5 Å². The molecule has 110 valence electrons. The third-order valence-electron chi connectivity index (χ3n) is 5.16. The van der Waals surface area contributed by atoms with Crippen LogP contribution in [0.4, 0.5) is 0 Å². The highest BCUT2D eigenvalue weighted by Gasteiger charge is 2.45. The molecule has 1 aromatic carbocycles. The van der Waals surface area contributed by atoms with E-state index in [9.17, 15) is 0 Å². The molecule has 0 atom stereocenters. The molecular weight excluding hydrogens is 260 g/mol. The van der Waals surface area contributed by atoms with Crippen molar-refractivity contribution in [2.75, 3.05) is 0 Å². The maximum absolute atomic E-state index is 4.26. The fourth-order valence-electron chi connectivity index (χ4n) is 4.00. The van der Waals surface area contributed by atoms with E-state index in [2.05, 4.69) is 15.6 Å². The highest BCUT2D eigenvalue weighted by molar-refractivity contribution is 5.29. The van der Waals surface area contributed by atoms with Crippen molar-refractivity contribution >= 4 is 0 Å². The van der Waals surface area contributed by atoms with Crippen LogP contribution in [-0.4, -0.2) is 21.0 Å². The van der Waals surface area contributed by atoms with Crippen molar-refractivity contribution in [1.29, 1.82) is 0 Å². The van der Waals surface area contributed by atoms with E-state index in [0.29, 0.717) is 11.5 Å². The number of rotatable bonds is 4. The third-order valence-corrected chi connectivity index (χ3v) is 5.16. The van der Waals surface area contributed by atoms with Crippen molar-refractivity contribution in [3.63, 3.8) is 0 Å². The minimum absolute atomic E-state index is 0.685. The van der Waals surface area contributed by atoms with Crippen LogP contribution in [-0.2, 0) is 6.54 Å². The van der Waals surface area contributed by atoms with E-state index >= 15 is 0 Å². The Labute approximate surface area is 125 Å². The van der Waals surface area contributed by atoms with Gasteiger partial charge in [-0.1, -0.05) is 36.3 Å². The second kappa shape index (κ2) is 5.26. The van der Waals surface area contributed by atoms with Crippen LogP contribution < -0.4 is 5.32 Å². The van der Waals surface area contributed by atoms with Crippen molar-refractivity contribution in [3.8, 4) is 5.69 Å². The number of para-hydroxylation sites is 1. The van der Waals surface area contributed by atoms with E-state index in [4.69, 9.17) is 0 Å². The van der Waals surface area contributed by atoms with Gasteiger partial charge in [0.25, 0.3) is 0 Å². The summed E-state index contributed by atoms with van der Waals surface area (Å²) in [5.41, 5.74) is 2.79. The van der Waals surface area contributed by atoms with E-state index in [1.54, 1.807) is 0 Å². The second-order valence-electron chi connectivity index (χ2n) is 6.68. The minimum atomic E-state index is 0.685. The average Bonchev–Trinajstić information content (AvgIpc) is 3.14. The van der Waals surface area contributed by atoms with Crippen LogP contribution in [0.3, 0.4) is 0 Å². The number of nitrogens with one attached hydrogen (secondary N) is 1. The van der Waals surface area contributed by atoms with E-state index in [0.717, 1.165) is 17.9 Å². The molecule has 0 bridgehead atoms. The summed E-state index contributed by atoms with van der Waals surface area (Å²) in [5.74, 6) is 0. The Kier molecular flexibility index (Phi) is 3.26. The Morgan fingerprint density at radius 3 is 2.67 bits per heavy atom. The van der Waals surface area contributed by atoms with Gasteiger partial charge in [0.05, 0.1) is 17.6 Å². The number of hydrogen-bond donors (Lipinski definition) is 1. The summed E-state index contributed by atoms with van der Waals surface area (Å²) in [6.45, 7) is 0.827. The van der Waals surface area contributed by atoms with Crippen molar-refractivity contribution in [1.82, 2.24) is 20.3 Å². The van der Waals surface area contributed by atoms with Crippen LogP contribution in [0.1, 0.15) is 44.2 Å². The fraction of sp³-hybridized carbons (Fsp3) is 0.529. The van der Waals surface area contributed by atoms with E-state index in [-0.39, 0.29) is 0 Å². The molecule has 2 aliphatic carbocycles. The zero-order chi connectivity index (χ0) is 14.1. The Morgan fingerprint density at radius 2 is 1.90 bits per heavy atom. The zero-order valence-electron chi connectivity index (χ0n) is 12.3. The predicted octanol–water partition coefficient (Wildman–Crippen LogP) is 3.08. The van der Waals surface area contributed by atoms with Crippen molar-refractivity contribution < 1.29 is 0 Å². The molecule has 0 radical (unpaired) electrons. The topological polar surface area (TPSA) is 42.7 Å². The molecule has 0 aliphatic heterocycles. The van der Waals surface area contributed by atoms with Crippen LogP contribution >= 0.6 is 0 Å². The highest BCUT2D eigenvalue weighted by Crippen LogP contribution is 2.53. The van der Waals surface area contributed by atoms with Gasteiger partial charge in [0.1, 0.15) is 0 Å². The van der Waals surface area contributed by atoms with Gasteiger partial charge in [0, 0.05) is 12.6 Å². The highest BCUT2D eigenvalue weighted by atomic mass is 15.4. The lowest BCUT2D eigenvalue weighted by atomic mass is 9.64. The Morgan fingerprint density at radius 1 is 1.14 bits per heavy atom. The summed E-state index contributed by atoms with van der Waals surface area (Å²) < 4.78 is 1.84. The van der Waals surface area contributed by atoms with Crippen molar-refractivity contribution in [2.24, 2.45) is 5.41 Å². The molecule has 2 aliphatic rings. The summed E-state index contributed by atoms with van der Waals surface area (Å²) in [7, 11) is 0. The fourth-order valence-corrected chi connectivity index (χ4v) is 4.00. The van der Waals surface area contributed by atoms with E-state index in [1.165, 1.54) is 38.5 Å². The summed E-state index contributed by atoms with van der Waals surface area (Å²) in [4.78, 5) is 0. The standard InChI is InChI=1S/C17H22N4/c1-2-6-16(7-3-1)21-13-15(19-20-21)12-18-14-10-17(11-14)8-4-5-9-17/h1-3,6-7,13-14,18H,4-5,8-12H2. The molecule has 1 spiro atoms. The predicted molar refractivity (Wildman–Crippen MR) is 82.1 cm³/mol. The van der Waals surface area contributed by atoms with Gasteiger partial charge < -0.3 is 5.32 Å². The lowest BCUT2D eigenvalue weighted by molar-refractivity contribution is 0.0887. The first kappa shape index (κ1) is 13.0. The second-order valence-corrected chi connectivity index (χ2v) is 6.68. The summed E-state index contributed by atoms with van der Waals surface area (Å²) >= 11 is 0. The first-order valence-corrected chi connectivity index (χ1v) is 8.03. The normalized spacial score (nSPS) is 20.8. The van der Waals surface area contributed by atoms with Crippen LogP contribution in [0.25, 0.3) is 5.69 Å². The molecule has 4 heteroatoms. The van der Waals surface area contributed by atoms with Gasteiger partial charge >= 0.3 is 0 Å². The molecular formula is C17H22N4. The summed E-state index contributed by atoms with van der Waals surface area (Å²) in [6.07, 6.45) is 10.5. The summed E-state index contributed by atoms with van der Waals surface area (Å²) in [6, 6.07) is 10.8. The lowest BCUT2D eigenvalue weighted by Crippen LogP contribution is -2.47. The van der Waals surface area contributed by atoms with Gasteiger partial charge in [-0.2, -0.15) is 0 Å². The lowest BCUT2D eigenvalue weighted by Gasteiger charge is -2.46. The van der Waals surface area contributed by atoms with E-state index < -0.39 is 0 Å². The first-order chi connectivity index (χ1) is 10.3. The number of benzene rings is 1. The molecule has 1 aromatic heterocycles. The molecule has 1 heterocycles. The van der Waals surface area contributed by atoms with Gasteiger partial charge in [0.2, 0.25) is 0 Å². The van der Waals surface area contributed by atoms with Gasteiger partial charge in [0.15, 0.2) is 0 Å². The zero-order valence-corrected chi connectivity index (χ0v) is 12.3. The molecule has 0 unspecified atom stereocenters. The Bertz CT molecular complexity index is 590. The van der Waals surface area contributed by atoms with Crippen LogP contribution in [0.2, 0.25) is 0 Å². The quantitative estimate of drug-likeness (QED) is 0.937. The Balaban J connectivity index is 1.31. The third kappa shape index (κ3) is 2.60. The molecule has 21 heavy (non-hydrogen) atoms. The van der Waals surface area contributed by atoms with Crippen molar-refractivity contribution in [2.45, 2.75) is 51.1 Å². The van der Waals surface area contributed by atoms with Crippen LogP contribution in [0, 0.1) is 5.41 Å². The smallest absolute Gasteiger partial charge is 0.0969 e. The van der Waals surface area contributed by atoms with Gasteiger partial charge in [-0.25, -0.2) is 4.68 Å². The maximum atomic E-state index is 4.26. The van der Waals surface area contributed by atoms with E-state index in [1.807, 2.05) is 41.2 Å². The first-order valence-electron chi connectivity index (χ1n) is 8.03. The molecule has 4 nitrogen and oxygen atoms in total. The van der Waals surface area contributed by atoms with Crippen molar-refractivity contribution in [3.05, 3.63) is 42.2 Å². The molecule has 2 saturated carbocycles. The average molecular weight is 282 g/mol. The molecule has 0 saturated heterocycles. The number of aromatic nitrogens is 3. The minimum Gasteiger partial charge on any atom is -0.308 e. The van der Waals surface area contributed by atoms with Gasteiger partial charge in [-0.15, -0.1) is 5.10 Å². The number of nitrogens with zero attached hydrogens (tertiary/aromatic N) is 3. The molecule has 2 fully saturated rings. The van der Waals surface area contributed by atoms with Gasteiger partial charge in [-0.05, 0) is 43.2 Å². The van der Waals surface area contributed by atoms with Crippen LogP contribution in [0.5, 0.6) is 0 Å². The summed E-state index contributed by atoms with van der Waals surface area (Å²) in [5, 5.41) is 12.1. The largest absolute Gasteiger partial charge is 0.308 e. The Hall–Kier alpha value is -1.68. The monoisotopic (exact) mass is 282 g/mol.